The normalized spacial score (nSPS) is 13.2. The summed E-state index contributed by atoms with van der Waals surface area (Å²) in [5.41, 5.74) is 5.85. The molecule has 0 radical (unpaired) electrons. The van der Waals surface area contributed by atoms with Crippen molar-refractivity contribution in [3.05, 3.63) is 108 Å². The minimum Gasteiger partial charge on any atom is -0.366 e. The van der Waals surface area contributed by atoms with Crippen molar-refractivity contribution in [2.45, 2.75) is 53.0 Å². The highest BCUT2D eigenvalue weighted by Gasteiger charge is 2.13. The maximum absolute atomic E-state index is 9.80. The number of carbonyl (C=O) groups excluding carboxylic acids is 1. The number of nitrogens with zero attached hydrogens (tertiary/aromatic N) is 2. The van der Waals surface area contributed by atoms with Gasteiger partial charge in [0.25, 0.3) is 0 Å². The zero-order valence-electron chi connectivity index (χ0n) is 23.0. The van der Waals surface area contributed by atoms with Gasteiger partial charge in [0.1, 0.15) is 11.8 Å². The average Bonchev–Trinajstić information content (AvgIpc) is 2.93. The molecular weight excluding hydrogens is 454 g/mol. The molecule has 1 aliphatic rings. The van der Waals surface area contributed by atoms with Gasteiger partial charge < -0.3 is 10.2 Å². The van der Waals surface area contributed by atoms with Crippen LogP contribution in [0.25, 0.3) is 5.57 Å². The molecule has 0 saturated carbocycles. The van der Waals surface area contributed by atoms with Crippen molar-refractivity contribution in [2.24, 2.45) is 5.92 Å². The molecule has 1 aliphatic heterocycles. The van der Waals surface area contributed by atoms with E-state index < -0.39 is 0 Å². The summed E-state index contributed by atoms with van der Waals surface area (Å²) in [6, 6.07) is 22.3. The molecule has 1 N–H and O–H groups in total. The van der Waals surface area contributed by atoms with Crippen LogP contribution in [0, 0.1) is 12.8 Å². The number of piperidine rings is 1. The highest BCUT2D eigenvalue weighted by Crippen LogP contribution is 2.18. The zero-order chi connectivity index (χ0) is 26.9. The fourth-order valence-corrected chi connectivity index (χ4v) is 3.94. The van der Waals surface area contributed by atoms with Gasteiger partial charge in [-0.3, -0.25) is 0 Å². The van der Waals surface area contributed by atoms with Gasteiger partial charge in [-0.05, 0) is 81.6 Å². The van der Waals surface area contributed by atoms with Crippen LogP contribution in [0.1, 0.15) is 55.4 Å². The summed E-state index contributed by atoms with van der Waals surface area (Å²) in [6.45, 7) is 13.8. The van der Waals surface area contributed by atoms with E-state index in [0.29, 0.717) is 6.42 Å². The molecule has 0 spiro atoms. The zero-order valence-corrected chi connectivity index (χ0v) is 23.0. The minimum absolute atomic E-state index is 0.685. The summed E-state index contributed by atoms with van der Waals surface area (Å²) in [4.78, 5) is 16.5. The number of anilines is 1. The van der Waals surface area contributed by atoms with E-state index in [0.717, 1.165) is 35.0 Å². The predicted molar refractivity (Wildman–Crippen MR) is 158 cm³/mol. The molecule has 4 rings (SSSR count). The molecule has 0 amide bonds. The van der Waals surface area contributed by atoms with Gasteiger partial charge in [0.05, 0.1) is 0 Å². The lowest BCUT2D eigenvalue weighted by Crippen LogP contribution is -2.29. The molecule has 4 heteroatoms. The van der Waals surface area contributed by atoms with Gasteiger partial charge in [0, 0.05) is 25.2 Å². The van der Waals surface area contributed by atoms with Crippen LogP contribution in [0.3, 0.4) is 0 Å². The summed E-state index contributed by atoms with van der Waals surface area (Å²) < 4.78 is 0. The van der Waals surface area contributed by atoms with Crippen molar-refractivity contribution in [1.29, 1.82) is 0 Å². The van der Waals surface area contributed by atoms with Crippen molar-refractivity contribution in [1.82, 2.24) is 9.88 Å². The highest BCUT2D eigenvalue weighted by atomic mass is 16.1. The minimum atomic E-state index is 0.685. The Morgan fingerprint density at radius 1 is 1.08 bits per heavy atom. The molecule has 3 aromatic rings. The van der Waals surface area contributed by atoms with Gasteiger partial charge in [0.15, 0.2) is 0 Å². The van der Waals surface area contributed by atoms with E-state index in [1.165, 1.54) is 49.6 Å². The molecule has 2 aromatic carbocycles. The van der Waals surface area contributed by atoms with Crippen LogP contribution < -0.4 is 5.32 Å². The summed E-state index contributed by atoms with van der Waals surface area (Å²) in [6.07, 6.45) is 8.20. The first-order chi connectivity index (χ1) is 17.9. The SMILES string of the molecule is C=C(C)c1ccnc(NCc2ccc(C)cc2)c1.CCC1CCN(C)CC1.O=C=CCc1ccccc1. The number of rotatable bonds is 7. The number of aryl methyl sites for hydroxylation is 1. The summed E-state index contributed by atoms with van der Waals surface area (Å²) in [5.74, 6) is 3.66. The van der Waals surface area contributed by atoms with Gasteiger partial charge >= 0.3 is 0 Å². The van der Waals surface area contributed by atoms with E-state index >= 15 is 0 Å². The van der Waals surface area contributed by atoms with E-state index in [4.69, 9.17) is 0 Å². The van der Waals surface area contributed by atoms with E-state index in [1.54, 1.807) is 5.94 Å². The molecule has 0 atom stereocenters. The van der Waals surface area contributed by atoms with Gasteiger partial charge in [-0.25, -0.2) is 9.78 Å². The third-order valence-corrected chi connectivity index (χ3v) is 6.53. The predicted octanol–water partition coefficient (Wildman–Crippen LogP) is 7.39. The van der Waals surface area contributed by atoms with Crippen LogP contribution in [-0.4, -0.2) is 36.0 Å². The van der Waals surface area contributed by atoms with Crippen molar-refractivity contribution in [3.8, 4) is 0 Å². The molecule has 0 aliphatic carbocycles. The Kier molecular flexibility index (Phi) is 13.7. The van der Waals surface area contributed by atoms with Crippen LogP contribution in [0.2, 0.25) is 0 Å². The van der Waals surface area contributed by atoms with Crippen molar-refractivity contribution in [3.63, 3.8) is 0 Å². The Bertz CT molecular complexity index is 1090. The molecule has 1 fully saturated rings. The fourth-order valence-electron chi connectivity index (χ4n) is 3.94. The maximum Gasteiger partial charge on any atom is 0.126 e. The summed E-state index contributed by atoms with van der Waals surface area (Å²) >= 11 is 0. The Morgan fingerprint density at radius 3 is 2.35 bits per heavy atom. The number of pyridine rings is 1. The largest absolute Gasteiger partial charge is 0.366 e. The van der Waals surface area contributed by atoms with Gasteiger partial charge in [-0.1, -0.05) is 85.7 Å². The Labute approximate surface area is 224 Å². The number of likely N-dealkylation sites (tertiary alicyclic amines) is 1. The molecule has 2 heterocycles. The van der Waals surface area contributed by atoms with Crippen LogP contribution >= 0.6 is 0 Å². The first-order valence-electron chi connectivity index (χ1n) is 13.2. The van der Waals surface area contributed by atoms with Crippen LogP contribution in [0.5, 0.6) is 0 Å². The monoisotopic (exact) mass is 497 g/mol. The van der Waals surface area contributed by atoms with Gasteiger partial charge in [0.2, 0.25) is 0 Å². The second-order valence-corrected chi connectivity index (χ2v) is 9.72. The quantitative estimate of drug-likeness (QED) is 0.346. The van der Waals surface area contributed by atoms with Crippen molar-refractivity contribution in [2.75, 3.05) is 25.5 Å². The molecular formula is C33H43N3O. The van der Waals surface area contributed by atoms with E-state index in [9.17, 15) is 4.79 Å². The number of aromatic nitrogens is 1. The van der Waals surface area contributed by atoms with Gasteiger partial charge in [-0.2, -0.15) is 0 Å². The van der Waals surface area contributed by atoms with Crippen LogP contribution in [0.4, 0.5) is 5.82 Å². The number of hydrogen-bond acceptors (Lipinski definition) is 4. The second kappa shape index (κ2) is 17.1. The van der Waals surface area contributed by atoms with Crippen LogP contribution in [-0.2, 0) is 17.8 Å². The average molecular weight is 498 g/mol. The molecule has 4 nitrogen and oxygen atoms in total. The standard InChI is InChI=1S/C16H18N2.C9H8O.C8H17N/c1-12(2)15-8-9-17-16(10-15)18-11-14-6-4-13(3)5-7-14;10-8-4-7-9-5-2-1-3-6-9;1-3-8-4-6-9(2)7-5-8/h4-10H,1,11H2,2-3H3,(H,17,18);1-6H,7H2;8H,3-7H2,1-2H3. The Morgan fingerprint density at radius 2 is 1.76 bits per heavy atom. The molecule has 37 heavy (non-hydrogen) atoms. The Hall–Kier alpha value is -3.46. The Balaban J connectivity index is 0.000000214. The fraction of sp³-hybridized carbons (Fsp3) is 0.364. The van der Waals surface area contributed by atoms with Crippen LogP contribution in [0.15, 0.2) is 85.6 Å². The molecule has 1 saturated heterocycles. The van der Waals surface area contributed by atoms with E-state index in [-0.39, 0.29) is 0 Å². The topological polar surface area (TPSA) is 45.2 Å². The molecule has 196 valence electrons. The third-order valence-electron chi connectivity index (χ3n) is 6.53. The molecule has 0 bridgehead atoms. The van der Waals surface area contributed by atoms with Crippen molar-refractivity contribution < 1.29 is 4.79 Å². The first kappa shape index (κ1) is 29.8. The third kappa shape index (κ3) is 12.4. The second-order valence-electron chi connectivity index (χ2n) is 9.72. The molecule has 0 unspecified atom stereocenters. The lowest BCUT2D eigenvalue weighted by molar-refractivity contribution is 0.216. The molecule has 1 aromatic heterocycles. The lowest BCUT2D eigenvalue weighted by atomic mass is 9.95. The number of nitrogens with one attached hydrogen (secondary N) is 1. The number of allylic oxidation sites excluding steroid dienone is 2. The smallest absolute Gasteiger partial charge is 0.126 e. The lowest BCUT2D eigenvalue weighted by Gasteiger charge is -2.27. The summed E-state index contributed by atoms with van der Waals surface area (Å²) in [7, 11) is 2.21. The van der Waals surface area contributed by atoms with Gasteiger partial charge in [-0.15, -0.1) is 0 Å². The number of benzene rings is 2. The maximum atomic E-state index is 9.80. The summed E-state index contributed by atoms with van der Waals surface area (Å²) in [5, 5.41) is 3.32. The first-order valence-corrected chi connectivity index (χ1v) is 13.2. The van der Waals surface area contributed by atoms with E-state index in [2.05, 4.69) is 66.9 Å². The number of hydrogen-bond donors (Lipinski definition) is 1. The van der Waals surface area contributed by atoms with Crippen molar-refractivity contribution >= 4 is 17.3 Å². The van der Waals surface area contributed by atoms with E-state index in [1.807, 2.05) is 55.6 Å². The highest BCUT2D eigenvalue weighted by molar-refractivity contribution is 5.63.